The second kappa shape index (κ2) is 5.72. The van der Waals surface area contributed by atoms with E-state index in [1.807, 2.05) is 24.4 Å². The van der Waals surface area contributed by atoms with Crippen LogP contribution in [0.2, 0.25) is 0 Å². The van der Waals surface area contributed by atoms with E-state index in [1.54, 1.807) is 0 Å². The molecule has 1 aliphatic rings. The van der Waals surface area contributed by atoms with E-state index in [2.05, 4.69) is 10.6 Å². The molecule has 3 rings (SSSR count). The van der Waals surface area contributed by atoms with Gasteiger partial charge in [0.25, 0.3) is 5.91 Å². The Morgan fingerprint density at radius 1 is 1.14 bits per heavy atom. The smallest absolute Gasteiger partial charge is 0.285 e. The molecule has 0 saturated heterocycles. The average Bonchev–Trinajstić information content (AvgIpc) is 2.87. The van der Waals surface area contributed by atoms with Crippen LogP contribution in [0.4, 0.5) is 0 Å². The van der Waals surface area contributed by atoms with E-state index in [4.69, 9.17) is 5.73 Å². The van der Waals surface area contributed by atoms with Crippen LogP contribution in [0.15, 0.2) is 30.5 Å². The first-order chi connectivity index (χ1) is 10.2. The molecule has 0 unspecified atom stereocenters. The van der Waals surface area contributed by atoms with Gasteiger partial charge in [-0.25, -0.2) is 0 Å². The number of benzene rings is 1. The normalized spacial score (nSPS) is 16.2. The minimum atomic E-state index is -0.857. The monoisotopic (exact) mass is 284 g/mol. The van der Waals surface area contributed by atoms with E-state index in [9.17, 15) is 9.59 Å². The van der Waals surface area contributed by atoms with Crippen molar-refractivity contribution in [3.05, 3.63) is 36.0 Å². The summed E-state index contributed by atoms with van der Waals surface area (Å²) in [7, 11) is 0. The van der Waals surface area contributed by atoms with Gasteiger partial charge in [0.15, 0.2) is 0 Å². The number of para-hydroxylation sites is 1. The highest BCUT2D eigenvalue weighted by Gasteiger charge is 2.20. The van der Waals surface area contributed by atoms with Gasteiger partial charge in [0.1, 0.15) is 0 Å². The zero-order valence-electron chi connectivity index (χ0n) is 12.0. The molecule has 1 amide bonds. The number of amides is 1. The minimum Gasteiger partial charge on any atom is -0.363 e. The lowest BCUT2D eigenvalue weighted by molar-refractivity contribution is -0.135. The quantitative estimate of drug-likeness (QED) is 0.877. The minimum absolute atomic E-state index is 0.0928. The lowest BCUT2D eigenvalue weighted by atomic mass is 9.95. The molecule has 0 bridgehead atoms. The fraction of sp³-hybridized carbons (Fsp3) is 0.412. The number of carbonyl (C=O) groups is 2. The first-order valence-electron chi connectivity index (χ1n) is 7.58. The Balaban J connectivity index is 2.01. The molecule has 21 heavy (non-hydrogen) atoms. The number of carbonyl (C=O) groups excluding carboxylic acids is 2. The number of ketones is 1. The van der Waals surface area contributed by atoms with Gasteiger partial charge in [-0.1, -0.05) is 37.5 Å². The number of hydrogen-bond donors (Lipinski definition) is 1. The molecule has 1 saturated carbocycles. The summed E-state index contributed by atoms with van der Waals surface area (Å²) >= 11 is 0. The van der Waals surface area contributed by atoms with Crippen LogP contribution < -0.4 is 5.73 Å². The first-order valence-corrected chi connectivity index (χ1v) is 7.58. The highest BCUT2D eigenvalue weighted by Crippen LogP contribution is 2.33. The van der Waals surface area contributed by atoms with Crippen molar-refractivity contribution in [3.63, 3.8) is 0 Å². The Labute approximate surface area is 123 Å². The summed E-state index contributed by atoms with van der Waals surface area (Å²) in [6.45, 7) is 0. The Kier molecular flexibility index (Phi) is 3.78. The van der Waals surface area contributed by atoms with Crippen molar-refractivity contribution in [2.75, 3.05) is 0 Å². The lowest BCUT2D eigenvalue weighted by Gasteiger charge is -2.24. The highest BCUT2D eigenvalue weighted by atomic mass is 16.2. The summed E-state index contributed by atoms with van der Waals surface area (Å²) < 4.78 is 2.29. The fourth-order valence-electron chi connectivity index (χ4n) is 3.34. The third kappa shape index (κ3) is 2.71. The van der Waals surface area contributed by atoms with Crippen LogP contribution >= 0.6 is 0 Å². The number of fused-ring (bicyclic) bond motifs is 1. The van der Waals surface area contributed by atoms with E-state index in [0.29, 0.717) is 6.04 Å². The van der Waals surface area contributed by atoms with Crippen LogP contribution in [-0.4, -0.2) is 16.3 Å². The molecule has 1 heterocycles. The van der Waals surface area contributed by atoms with Gasteiger partial charge in [0.05, 0.1) is 0 Å². The number of aromatic nitrogens is 1. The molecule has 0 spiro atoms. The number of nitrogens with two attached hydrogens (primary N) is 1. The van der Waals surface area contributed by atoms with E-state index in [0.717, 1.165) is 16.5 Å². The SMILES string of the molecule is NC(=O)C(=O)Cc1cn(C2CCCCC2)c2ccccc12. The second-order valence-corrected chi connectivity index (χ2v) is 5.83. The van der Waals surface area contributed by atoms with Crippen LogP contribution in [0.5, 0.6) is 0 Å². The van der Waals surface area contributed by atoms with Crippen molar-refractivity contribution in [2.45, 2.75) is 44.6 Å². The predicted molar refractivity (Wildman–Crippen MR) is 82.0 cm³/mol. The number of hydrogen-bond acceptors (Lipinski definition) is 2. The van der Waals surface area contributed by atoms with Crippen LogP contribution in [0.1, 0.15) is 43.7 Å². The third-order valence-corrected chi connectivity index (χ3v) is 4.42. The van der Waals surface area contributed by atoms with Gasteiger partial charge in [-0.05, 0) is 24.5 Å². The summed E-state index contributed by atoms with van der Waals surface area (Å²) in [5, 5.41) is 1.05. The molecule has 0 aliphatic heterocycles. The summed E-state index contributed by atoms with van der Waals surface area (Å²) in [5.41, 5.74) is 7.13. The average molecular weight is 284 g/mol. The summed E-state index contributed by atoms with van der Waals surface area (Å²) in [5.74, 6) is -1.38. The maximum atomic E-state index is 11.7. The number of nitrogens with zero attached hydrogens (tertiary/aromatic N) is 1. The van der Waals surface area contributed by atoms with Gasteiger partial charge >= 0.3 is 0 Å². The zero-order chi connectivity index (χ0) is 14.8. The van der Waals surface area contributed by atoms with Gasteiger partial charge < -0.3 is 10.3 Å². The maximum Gasteiger partial charge on any atom is 0.285 e. The molecular weight excluding hydrogens is 264 g/mol. The number of rotatable bonds is 4. The van der Waals surface area contributed by atoms with E-state index < -0.39 is 11.7 Å². The van der Waals surface area contributed by atoms with Crippen molar-refractivity contribution in [1.29, 1.82) is 0 Å². The van der Waals surface area contributed by atoms with Crippen LogP contribution in [0.3, 0.4) is 0 Å². The van der Waals surface area contributed by atoms with Crippen molar-refractivity contribution in [2.24, 2.45) is 5.73 Å². The van der Waals surface area contributed by atoms with Crippen molar-refractivity contribution < 1.29 is 9.59 Å². The zero-order valence-corrected chi connectivity index (χ0v) is 12.0. The molecule has 2 aromatic rings. The summed E-state index contributed by atoms with van der Waals surface area (Å²) in [6, 6.07) is 8.58. The largest absolute Gasteiger partial charge is 0.363 e. The first kappa shape index (κ1) is 13.9. The number of Topliss-reactive ketones (excluding diaryl/α,β-unsaturated/α-hetero) is 1. The van der Waals surface area contributed by atoms with Crippen molar-refractivity contribution in [1.82, 2.24) is 4.57 Å². The van der Waals surface area contributed by atoms with E-state index in [-0.39, 0.29) is 6.42 Å². The summed E-state index contributed by atoms with van der Waals surface area (Å²) in [6.07, 6.45) is 8.32. The standard InChI is InChI=1S/C17H20N2O2/c18-17(21)16(20)10-12-11-19(13-6-2-1-3-7-13)15-9-5-4-8-14(12)15/h4-5,8-9,11,13H,1-3,6-7,10H2,(H2,18,21). The fourth-order valence-corrected chi connectivity index (χ4v) is 3.34. The van der Waals surface area contributed by atoms with Gasteiger partial charge in [0.2, 0.25) is 5.78 Å². The molecule has 110 valence electrons. The summed E-state index contributed by atoms with van der Waals surface area (Å²) in [4.78, 5) is 22.7. The molecule has 1 aromatic carbocycles. The Morgan fingerprint density at radius 2 is 1.86 bits per heavy atom. The molecule has 1 aliphatic carbocycles. The van der Waals surface area contributed by atoms with Crippen LogP contribution in [0.25, 0.3) is 10.9 Å². The molecule has 4 nitrogen and oxygen atoms in total. The molecular formula is C17H20N2O2. The maximum absolute atomic E-state index is 11.7. The van der Waals surface area contributed by atoms with Crippen LogP contribution in [0, 0.1) is 0 Å². The Hall–Kier alpha value is -2.10. The van der Waals surface area contributed by atoms with Gasteiger partial charge in [-0.2, -0.15) is 0 Å². The van der Waals surface area contributed by atoms with Crippen molar-refractivity contribution in [3.8, 4) is 0 Å². The Morgan fingerprint density at radius 3 is 2.57 bits per heavy atom. The molecule has 1 fully saturated rings. The van der Waals surface area contributed by atoms with E-state index in [1.165, 1.54) is 32.1 Å². The molecule has 2 N–H and O–H groups in total. The third-order valence-electron chi connectivity index (χ3n) is 4.42. The molecule has 4 heteroatoms. The van der Waals surface area contributed by atoms with Gasteiger partial charge in [-0.15, -0.1) is 0 Å². The molecule has 0 radical (unpaired) electrons. The van der Waals surface area contributed by atoms with Crippen LogP contribution in [-0.2, 0) is 16.0 Å². The topological polar surface area (TPSA) is 65.1 Å². The molecule has 1 aromatic heterocycles. The Bertz CT molecular complexity index is 681. The van der Waals surface area contributed by atoms with Gasteiger partial charge in [-0.3, -0.25) is 9.59 Å². The van der Waals surface area contributed by atoms with E-state index >= 15 is 0 Å². The highest BCUT2D eigenvalue weighted by molar-refractivity contribution is 6.36. The predicted octanol–water partition coefficient (Wildman–Crippen LogP) is 2.74. The second-order valence-electron chi connectivity index (χ2n) is 5.83. The number of primary amides is 1. The van der Waals surface area contributed by atoms with Gasteiger partial charge in [0, 0.05) is 29.6 Å². The molecule has 0 atom stereocenters. The lowest BCUT2D eigenvalue weighted by Crippen LogP contribution is -2.24. The van der Waals surface area contributed by atoms with Crippen molar-refractivity contribution >= 4 is 22.6 Å².